The third-order valence-electron chi connectivity index (χ3n) is 3.71. The molecule has 0 saturated heterocycles. The molecular formula is C18H18N4O2S3. The zero-order valence-electron chi connectivity index (χ0n) is 14.7. The van der Waals surface area contributed by atoms with Crippen LogP contribution in [0.1, 0.15) is 11.1 Å². The van der Waals surface area contributed by atoms with Gasteiger partial charge in [0.2, 0.25) is 0 Å². The predicted molar refractivity (Wildman–Crippen MR) is 115 cm³/mol. The van der Waals surface area contributed by atoms with E-state index in [1.807, 2.05) is 26.0 Å². The number of rotatable bonds is 5. The molecular weight excluding hydrogens is 400 g/mol. The van der Waals surface area contributed by atoms with Crippen LogP contribution in [0.2, 0.25) is 0 Å². The Morgan fingerprint density at radius 1 is 1.07 bits per heavy atom. The Kier molecular flexibility index (Phi) is 5.73. The molecule has 6 nitrogen and oxygen atoms in total. The smallest absolute Gasteiger partial charge is 0.263 e. The molecule has 2 aromatic carbocycles. The molecule has 9 heteroatoms. The van der Waals surface area contributed by atoms with Crippen molar-refractivity contribution >= 4 is 55.2 Å². The van der Waals surface area contributed by atoms with E-state index in [0.29, 0.717) is 15.9 Å². The van der Waals surface area contributed by atoms with Gasteiger partial charge in [0.15, 0.2) is 10.2 Å². The average Bonchev–Trinajstić information content (AvgIpc) is 3.10. The first kappa shape index (κ1) is 19.3. The molecule has 3 aromatic rings. The maximum Gasteiger partial charge on any atom is 0.263 e. The fraction of sp³-hybridized carbons (Fsp3) is 0.111. The van der Waals surface area contributed by atoms with Gasteiger partial charge in [-0.1, -0.05) is 17.7 Å². The van der Waals surface area contributed by atoms with Gasteiger partial charge in [0.05, 0.1) is 4.90 Å². The molecule has 0 amide bonds. The van der Waals surface area contributed by atoms with Crippen molar-refractivity contribution in [2.24, 2.45) is 0 Å². The number of aryl methyl sites for hydroxylation is 2. The van der Waals surface area contributed by atoms with Gasteiger partial charge in [-0.2, -0.15) is 0 Å². The van der Waals surface area contributed by atoms with Crippen LogP contribution in [0.25, 0.3) is 0 Å². The summed E-state index contributed by atoms with van der Waals surface area (Å²) in [7, 11) is -3.67. The van der Waals surface area contributed by atoms with Crippen LogP contribution in [-0.2, 0) is 10.0 Å². The van der Waals surface area contributed by atoms with E-state index < -0.39 is 10.0 Å². The second-order valence-corrected chi connectivity index (χ2v) is 8.85. The molecule has 0 radical (unpaired) electrons. The summed E-state index contributed by atoms with van der Waals surface area (Å²) >= 11 is 6.55. The van der Waals surface area contributed by atoms with Crippen LogP contribution in [0.3, 0.4) is 0 Å². The molecule has 1 aromatic heterocycles. The number of hydrogen-bond donors (Lipinski definition) is 3. The van der Waals surface area contributed by atoms with Gasteiger partial charge in [-0.3, -0.25) is 4.72 Å². The zero-order valence-corrected chi connectivity index (χ0v) is 17.1. The third-order valence-corrected chi connectivity index (χ3v) is 6.08. The van der Waals surface area contributed by atoms with Crippen molar-refractivity contribution in [3.8, 4) is 0 Å². The molecule has 3 rings (SSSR count). The maximum absolute atomic E-state index is 12.3. The highest BCUT2D eigenvalue weighted by Crippen LogP contribution is 2.20. The Morgan fingerprint density at radius 2 is 1.81 bits per heavy atom. The molecule has 0 spiro atoms. The highest BCUT2D eigenvalue weighted by atomic mass is 32.2. The fourth-order valence-corrected chi connectivity index (χ4v) is 4.42. The van der Waals surface area contributed by atoms with E-state index in [-0.39, 0.29) is 4.90 Å². The van der Waals surface area contributed by atoms with Crippen molar-refractivity contribution in [1.82, 2.24) is 4.98 Å². The molecule has 140 valence electrons. The van der Waals surface area contributed by atoms with E-state index in [9.17, 15) is 8.42 Å². The van der Waals surface area contributed by atoms with E-state index in [1.165, 1.54) is 29.0 Å². The van der Waals surface area contributed by atoms with Gasteiger partial charge in [0, 0.05) is 23.0 Å². The topological polar surface area (TPSA) is 83.1 Å². The van der Waals surface area contributed by atoms with Gasteiger partial charge in [0.1, 0.15) is 0 Å². The Labute approximate surface area is 167 Å². The largest absolute Gasteiger partial charge is 0.332 e. The summed E-state index contributed by atoms with van der Waals surface area (Å²) in [5.41, 5.74) is 3.88. The van der Waals surface area contributed by atoms with Crippen molar-refractivity contribution < 1.29 is 8.42 Å². The van der Waals surface area contributed by atoms with Gasteiger partial charge >= 0.3 is 0 Å². The van der Waals surface area contributed by atoms with Crippen LogP contribution in [-0.4, -0.2) is 18.5 Å². The number of anilines is 3. The standard InChI is InChI=1S/C18H18N4O2S3/c1-12-3-8-16(13(2)11-12)21-17(25)20-14-4-6-15(7-5-14)27(23,24)22-18-19-9-10-26-18/h3-11H,1-2H3,(H,19,22)(H2,20,21,25). The first-order chi connectivity index (χ1) is 12.8. The second-order valence-electron chi connectivity index (χ2n) is 5.86. The molecule has 0 aliphatic rings. The number of benzene rings is 2. The Morgan fingerprint density at radius 3 is 2.44 bits per heavy atom. The Bertz CT molecular complexity index is 1050. The normalized spacial score (nSPS) is 11.0. The Hall–Kier alpha value is -2.49. The molecule has 0 saturated carbocycles. The molecule has 0 unspecified atom stereocenters. The summed E-state index contributed by atoms with van der Waals surface area (Å²) in [6.45, 7) is 4.04. The average molecular weight is 419 g/mol. The summed E-state index contributed by atoms with van der Waals surface area (Å²) < 4.78 is 27.1. The molecule has 0 bridgehead atoms. The molecule has 1 heterocycles. The van der Waals surface area contributed by atoms with Crippen molar-refractivity contribution in [3.05, 3.63) is 65.2 Å². The zero-order chi connectivity index (χ0) is 19.4. The number of nitrogens with one attached hydrogen (secondary N) is 3. The third kappa shape index (κ3) is 5.03. The van der Waals surface area contributed by atoms with Crippen molar-refractivity contribution in [2.45, 2.75) is 18.7 Å². The van der Waals surface area contributed by atoms with Crippen molar-refractivity contribution in [1.29, 1.82) is 0 Å². The lowest BCUT2D eigenvalue weighted by atomic mass is 10.1. The van der Waals surface area contributed by atoms with Gasteiger partial charge in [0.25, 0.3) is 10.0 Å². The maximum atomic E-state index is 12.3. The number of nitrogens with zero attached hydrogens (tertiary/aromatic N) is 1. The lowest BCUT2D eigenvalue weighted by Gasteiger charge is -2.13. The minimum atomic E-state index is -3.67. The van der Waals surface area contributed by atoms with E-state index in [0.717, 1.165) is 11.3 Å². The van der Waals surface area contributed by atoms with Crippen LogP contribution >= 0.6 is 23.6 Å². The number of sulfonamides is 1. The van der Waals surface area contributed by atoms with Gasteiger partial charge < -0.3 is 10.6 Å². The number of hydrogen-bond acceptors (Lipinski definition) is 5. The predicted octanol–water partition coefficient (Wildman–Crippen LogP) is 4.37. The number of thiocarbonyl (C=S) groups is 1. The van der Waals surface area contributed by atoms with Crippen LogP contribution in [0.4, 0.5) is 16.5 Å². The first-order valence-electron chi connectivity index (χ1n) is 8.01. The SMILES string of the molecule is Cc1ccc(NC(=S)Nc2ccc(S(=O)(=O)Nc3nccs3)cc2)c(C)c1. The van der Waals surface area contributed by atoms with Crippen molar-refractivity contribution in [2.75, 3.05) is 15.4 Å². The molecule has 0 aliphatic heterocycles. The summed E-state index contributed by atoms with van der Waals surface area (Å²) in [6.07, 6.45) is 1.54. The minimum Gasteiger partial charge on any atom is -0.332 e. The van der Waals surface area contributed by atoms with E-state index in [2.05, 4.69) is 26.4 Å². The van der Waals surface area contributed by atoms with Crippen LogP contribution in [0.15, 0.2) is 58.9 Å². The van der Waals surface area contributed by atoms with E-state index in [4.69, 9.17) is 12.2 Å². The molecule has 0 atom stereocenters. The second kappa shape index (κ2) is 8.03. The quantitative estimate of drug-likeness (QED) is 0.534. The van der Waals surface area contributed by atoms with Crippen LogP contribution < -0.4 is 15.4 Å². The molecule has 0 fully saturated rings. The van der Waals surface area contributed by atoms with Crippen molar-refractivity contribution in [3.63, 3.8) is 0 Å². The van der Waals surface area contributed by atoms with Gasteiger partial charge in [-0.25, -0.2) is 13.4 Å². The highest BCUT2D eigenvalue weighted by molar-refractivity contribution is 7.93. The monoisotopic (exact) mass is 418 g/mol. The number of thiazole rings is 1. The molecule has 0 aliphatic carbocycles. The van der Waals surface area contributed by atoms with Gasteiger partial charge in [-0.05, 0) is 62.0 Å². The van der Waals surface area contributed by atoms with E-state index >= 15 is 0 Å². The van der Waals surface area contributed by atoms with Crippen LogP contribution in [0, 0.1) is 13.8 Å². The lowest BCUT2D eigenvalue weighted by Crippen LogP contribution is -2.19. The minimum absolute atomic E-state index is 0.150. The number of aromatic nitrogens is 1. The first-order valence-corrected chi connectivity index (χ1v) is 10.8. The summed E-state index contributed by atoms with van der Waals surface area (Å²) in [5, 5.41) is 8.66. The summed E-state index contributed by atoms with van der Waals surface area (Å²) in [6, 6.07) is 12.4. The molecule has 3 N–H and O–H groups in total. The Balaban J connectivity index is 1.65. The summed E-state index contributed by atoms with van der Waals surface area (Å²) in [4.78, 5) is 4.08. The summed E-state index contributed by atoms with van der Waals surface area (Å²) in [5.74, 6) is 0. The fourth-order valence-electron chi connectivity index (χ4n) is 2.40. The van der Waals surface area contributed by atoms with Gasteiger partial charge in [-0.15, -0.1) is 11.3 Å². The van der Waals surface area contributed by atoms with E-state index in [1.54, 1.807) is 23.7 Å². The lowest BCUT2D eigenvalue weighted by molar-refractivity contribution is 0.601. The molecule has 27 heavy (non-hydrogen) atoms. The van der Waals surface area contributed by atoms with Crippen LogP contribution in [0.5, 0.6) is 0 Å². The highest BCUT2D eigenvalue weighted by Gasteiger charge is 2.15.